The quantitative estimate of drug-likeness (QED) is 0.717. The minimum absolute atomic E-state index is 0.348. The second kappa shape index (κ2) is 4.73. The maximum Gasteiger partial charge on any atom is 0.260 e. The summed E-state index contributed by atoms with van der Waals surface area (Å²) in [5, 5.41) is 3.90. The summed E-state index contributed by atoms with van der Waals surface area (Å²) in [6.07, 6.45) is 3.42. The van der Waals surface area contributed by atoms with Crippen LogP contribution in [0.5, 0.6) is 0 Å². The Bertz CT molecular complexity index is 749. The number of nitrogens with two attached hydrogens (primary N) is 1. The van der Waals surface area contributed by atoms with Crippen molar-refractivity contribution in [3.63, 3.8) is 0 Å². The van der Waals surface area contributed by atoms with E-state index in [0.29, 0.717) is 23.2 Å². The number of hydrogen-bond donors (Lipinski definition) is 1. The summed E-state index contributed by atoms with van der Waals surface area (Å²) in [5.41, 5.74) is 9.28. The van der Waals surface area contributed by atoms with Crippen molar-refractivity contribution in [2.24, 2.45) is 0 Å². The molecule has 3 rings (SSSR count). The van der Waals surface area contributed by atoms with Gasteiger partial charge in [0.15, 0.2) is 0 Å². The lowest BCUT2D eigenvalue weighted by molar-refractivity contribution is 0.432. The van der Waals surface area contributed by atoms with Crippen LogP contribution in [-0.2, 0) is 0 Å². The number of hydrogen-bond acceptors (Lipinski definition) is 6. The smallest absolute Gasteiger partial charge is 0.260 e. The standard InChI is InChI=1S/C14H13N5O/c1-8-3-4-11(15)10(5-8)14-18-13(19-20-14)12-16-6-9(2)7-17-12/h3-7H,15H2,1-2H3. The Morgan fingerprint density at radius 2 is 1.75 bits per heavy atom. The average molecular weight is 267 g/mol. The number of benzene rings is 1. The Balaban J connectivity index is 2.01. The summed E-state index contributed by atoms with van der Waals surface area (Å²) < 4.78 is 5.25. The minimum Gasteiger partial charge on any atom is -0.398 e. The molecule has 100 valence electrons. The van der Waals surface area contributed by atoms with Crippen LogP contribution in [0.3, 0.4) is 0 Å². The zero-order valence-corrected chi connectivity index (χ0v) is 11.2. The van der Waals surface area contributed by atoms with E-state index in [2.05, 4.69) is 20.1 Å². The molecule has 0 unspecified atom stereocenters. The highest BCUT2D eigenvalue weighted by molar-refractivity contribution is 5.71. The van der Waals surface area contributed by atoms with Crippen LogP contribution in [0.25, 0.3) is 23.1 Å². The SMILES string of the molecule is Cc1cnc(-c2noc(-c3cc(C)ccc3N)n2)nc1. The van der Waals surface area contributed by atoms with Crippen LogP contribution in [0.2, 0.25) is 0 Å². The van der Waals surface area contributed by atoms with Gasteiger partial charge in [0.2, 0.25) is 11.6 Å². The highest BCUT2D eigenvalue weighted by atomic mass is 16.5. The second-order valence-electron chi connectivity index (χ2n) is 4.60. The number of aromatic nitrogens is 4. The number of aryl methyl sites for hydroxylation is 2. The zero-order chi connectivity index (χ0) is 14.1. The summed E-state index contributed by atoms with van der Waals surface area (Å²) in [5.74, 6) is 1.14. The molecule has 0 aliphatic heterocycles. The third kappa shape index (κ3) is 2.23. The molecule has 0 aliphatic rings. The van der Waals surface area contributed by atoms with Gasteiger partial charge in [0.05, 0.1) is 5.56 Å². The fraction of sp³-hybridized carbons (Fsp3) is 0.143. The fourth-order valence-corrected chi connectivity index (χ4v) is 1.79. The first-order valence-corrected chi connectivity index (χ1v) is 6.13. The van der Waals surface area contributed by atoms with E-state index in [-0.39, 0.29) is 0 Å². The predicted molar refractivity (Wildman–Crippen MR) is 74.6 cm³/mol. The Morgan fingerprint density at radius 1 is 1.00 bits per heavy atom. The number of anilines is 1. The molecule has 6 nitrogen and oxygen atoms in total. The lowest BCUT2D eigenvalue weighted by Crippen LogP contribution is -1.92. The largest absolute Gasteiger partial charge is 0.398 e. The van der Waals surface area contributed by atoms with Gasteiger partial charge in [0.1, 0.15) is 0 Å². The van der Waals surface area contributed by atoms with Crippen molar-refractivity contribution in [1.82, 2.24) is 20.1 Å². The Kier molecular flexibility index (Phi) is 2.90. The van der Waals surface area contributed by atoms with Crippen molar-refractivity contribution in [3.8, 4) is 23.1 Å². The maximum atomic E-state index is 5.93. The molecule has 0 saturated heterocycles. The van der Waals surface area contributed by atoms with Gasteiger partial charge in [0, 0.05) is 18.1 Å². The number of rotatable bonds is 2. The average Bonchev–Trinajstić information content (AvgIpc) is 2.92. The molecule has 20 heavy (non-hydrogen) atoms. The van der Waals surface area contributed by atoms with Crippen LogP contribution >= 0.6 is 0 Å². The summed E-state index contributed by atoms with van der Waals surface area (Å²) in [6.45, 7) is 3.89. The molecule has 0 amide bonds. The van der Waals surface area contributed by atoms with Crippen molar-refractivity contribution < 1.29 is 4.52 Å². The third-order valence-corrected chi connectivity index (χ3v) is 2.85. The number of nitrogen functional groups attached to an aromatic ring is 1. The van der Waals surface area contributed by atoms with Gasteiger partial charge < -0.3 is 10.3 Å². The molecule has 2 N–H and O–H groups in total. The normalized spacial score (nSPS) is 10.7. The van der Waals surface area contributed by atoms with E-state index in [1.807, 2.05) is 32.0 Å². The van der Waals surface area contributed by atoms with Crippen LogP contribution in [0, 0.1) is 13.8 Å². The van der Waals surface area contributed by atoms with E-state index in [1.54, 1.807) is 12.4 Å². The van der Waals surface area contributed by atoms with Crippen molar-refractivity contribution in [1.29, 1.82) is 0 Å². The molecule has 0 fully saturated rings. The summed E-state index contributed by atoms with van der Waals surface area (Å²) in [6, 6.07) is 5.65. The predicted octanol–water partition coefficient (Wildman–Crippen LogP) is 2.39. The van der Waals surface area contributed by atoms with E-state index in [4.69, 9.17) is 10.3 Å². The van der Waals surface area contributed by atoms with Gasteiger partial charge in [-0.25, -0.2) is 9.97 Å². The van der Waals surface area contributed by atoms with Crippen LogP contribution in [0.4, 0.5) is 5.69 Å². The first kappa shape index (κ1) is 12.3. The van der Waals surface area contributed by atoms with Crippen LogP contribution < -0.4 is 5.73 Å². The summed E-state index contributed by atoms with van der Waals surface area (Å²) in [7, 11) is 0. The van der Waals surface area contributed by atoms with E-state index < -0.39 is 0 Å². The molecule has 0 radical (unpaired) electrons. The third-order valence-electron chi connectivity index (χ3n) is 2.85. The number of nitrogens with zero attached hydrogens (tertiary/aromatic N) is 4. The van der Waals surface area contributed by atoms with Gasteiger partial charge in [-0.05, 0) is 31.5 Å². The van der Waals surface area contributed by atoms with Crippen LogP contribution in [0.1, 0.15) is 11.1 Å². The molecule has 0 aliphatic carbocycles. The Morgan fingerprint density at radius 3 is 2.50 bits per heavy atom. The van der Waals surface area contributed by atoms with Gasteiger partial charge >= 0.3 is 0 Å². The van der Waals surface area contributed by atoms with Crippen molar-refractivity contribution in [2.75, 3.05) is 5.73 Å². The molecule has 0 bridgehead atoms. The molecule has 2 aromatic heterocycles. The molecule has 0 spiro atoms. The lowest BCUT2D eigenvalue weighted by atomic mass is 10.1. The first-order valence-electron chi connectivity index (χ1n) is 6.13. The van der Waals surface area contributed by atoms with Gasteiger partial charge in [-0.2, -0.15) is 4.98 Å². The molecule has 3 aromatic rings. The van der Waals surface area contributed by atoms with Gasteiger partial charge in [-0.3, -0.25) is 0 Å². The van der Waals surface area contributed by atoms with E-state index in [0.717, 1.165) is 16.7 Å². The first-order chi connectivity index (χ1) is 9.63. The van der Waals surface area contributed by atoms with Gasteiger partial charge in [-0.15, -0.1) is 0 Å². The van der Waals surface area contributed by atoms with E-state index >= 15 is 0 Å². The monoisotopic (exact) mass is 267 g/mol. The fourth-order valence-electron chi connectivity index (χ4n) is 1.79. The van der Waals surface area contributed by atoms with E-state index in [9.17, 15) is 0 Å². The molecular weight excluding hydrogens is 254 g/mol. The molecule has 0 saturated carbocycles. The maximum absolute atomic E-state index is 5.93. The lowest BCUT2D eigenvalue weighted by Gasteiger charge is -2.01. The molecule has 1 aromatic carbocycles. The minimum atomic E-state index is 0.348. The molecular formula is C14H13N5O. The Labute approximate surface area is 115 Å². The van der Waals surface area contributed by atoms with E-state index in [1.165, 1.54) is 0 Å². The van der Waals surface area contributed by atoms with Crippen LogP contribution in [-0.4, -0.2) is 20.1 Å². The Hall–Kier alpha value is -2.76. The summed E-state index contributed by atoms with van der Waals surface area (Å²) in [4.78, 5) is 12.6. The summed E-state index contributed by atoms with van der Waals surface area (Å²) >= 11 is 0. The molecule has 2 heterocycles. The molecule has 0 atom stereocenters. The topological polar surface area (TPSA) is 90.7 Å². The van der Waals surface area contributed by atoms with Crippen LogP contribution in [0.15, 0.2) is 35.1 Å². The van der Waals surface area contributed by atoms with Gasteiger partial charge in [0.25, 0.3) is 5.89 Å². The highest BCUT2D eigenvalue weighted by Gasteiger charge is 2.14. The van der Waals surface area contributed by atoms with Crippen molar-refractivity contribution in [2.45, 2.75) is 13.8 Å². The highest BCUT2D eigenvalue weighted by Crippen LogP contribution is 2.26. The van der Waals surface area contributed by atoms with Gasteiger partial charge in [-0.1, -0.05) is 16.8 Å². The van der Waals surface area contributed by atoms with Crippen molar-refractivity contribution in [3.05, 3.63) is 41.7 Å². The second-order valence-corrected chi connectivity index (χ2v) is 4.60. The zero-order valence-electron chi connectivity index (χ0n) is 11.2. The van der Waals surface area contributed by atoms with Crippen molar-refractivity contribution >= 4 is 5.69 Å². The molecule has 6 heteroatoms.